The lowest BCUT2D eigenvalue weighted by Gasteiger charge is -2.30. The minimum atomic E-state index is -0.523. The van der Waals surface area contributed by atoms with Gasteiger partial charge in [0, 0.05) is 20.6 Å². The molecule has 0 aromatic rings. The van der Waals surface area contributed by atoms with Crippen LogP contribution in [-0.4, -0.2) is 37.1 Å². The van der Waals surface area contributed by atoms with Gasteiger partial charge < -0.3 is 13.9 Å². The molecule has 0 heterocycles. The van der Waals surface area contributed by atoms with Crippen molar-refractivity contribution in [2.45, 2.75) is 57.2 Å². The Labute approximate surface area is 115 Å². The summed E-state index contributed by atoms with van der Waals surface area (Å²) in [6.07, 6.45) is 11.6. The average molecular weight is 274 g/mol. The van der Waals surface area contributed by atoms with Crippen molar-refractivity contribution in [3.05, 3.63) is 12.7 Å². The van der Waals surface area contributed by atoms with E-state index in [4.69, 9.17) is 13.9 Å². The highest BCUT2D eigenvalue weighted by Crippen LogP contribution is 2.21. The molecule has 108 valence electrons. The molecule has 18 heavy (non-hydrogen) atoms. The fourth-order valence-corrected chi connectivity index (χ4v) is 2.53. The van der Waals surface area contributed by atoms with E-state index < -0.39 is 5.79 Å². The standard InChI is InChI=1S/C14H30O3Si/c1-4-5-6-7-8-9-10-11-12-14(15-2,16-3)13-17-18/h4H,1,5-13H2,2-3,18H3. The van der Waals surface area contributed by atoms with Gasteiger partial charge in [0.1, 0.15) is 10.5 Å². The molecular weight excluding hydrogens is 244 g/mol. The first-order chi connectivity index (χ1) is 8.74. The Kier molecular flexibility index (Phi) is 11.8. The Balaban J connectivity index is 3.58. The molecular formula is C14H30O3Si. The lowest BCUT2D eigenvalue weighted by atomic mass is 10.0. The maximum absolute atomic E-state index is 5.45. The van der Waals surface area contributed by atoms with Gasteiger partial charge >= 0.3 is 0 Å². The molecule has 0 fully saturated rings. The highest BCUT2D eigenvalue weighted by atomic mass is 28.2. The molecule has 0 atom stereocenters. The maximum atomic E-state index is 5.45. The van der Waals surface area contributed by atoms with Crippen LogP contribution in [-0.2, 0) is 13.9 Å². The Morgan fingerprint density at radius 2 is 1.56 bits per heavy atom. The number of methoxy groups -OCH3 is 2. The monoisotopic (exact) mass is 274 g/mol. The number of unbranched alkanes of at least 4 members (excludes halogenated alkanes) is 6. The first kappa shape index (κ1) is 17.8. The molecule has 0 saturated heterocycles. The van der Waals surface area contributed by atoms with Crippen LogP contribution < -0.4 is 0 Å². The van der Waals surface area contributed by atoms with E-state index >= 15 is 0 Å². The fourth-order valence-electron chi connectivity index (χ4n) is 2.09. The van der Waals surface area contributed by atoms with Crippen molar-refractivity contribution in [3.8, 4) is 0 Å². The normalized spacial score (nSPS) is 11.9. The Hall–Kier alpha value is -0.163. The van der Waals surface area contributed by atoms with Gasteiger partial charge in [0.05, 0.1) is 6.61 Å². The molecule has 3 nitrogen and oxygen atoms in total. The van der Waals surface area contributed by atoms with E-state index in [1.165, 1.54) is 32.1 Å². The summed E-state index contributed by atoms with van der Waals surface area (Å²) in [5.41, 5.74) is 0. The van der Waals surface area contributed by atoms with Gasteiger partial charge in [0.2, 0.25) is 0 Å². The van der Waals surface area contributed by atoms with E-state index in [0.717, 1.165) is 29.7 Å². The van der Waals surface area contributed by atoms with Crippen molar-refractivity contribution in [1.82, 2.24) is 0 Å². The summed E-state index contributed by atoms with van der Waals surface area (Å²) in [6, 6.07) is 0. The number of hydrogen-bond acceptors (Lipinski definition) is 3. The first-order valence-corrected chi connectivity index (χ1v) is 7.76. The molecule has 0 unspecified atom stereocenters. The molecule has 4 heteroatoms. The molecule has 0 aliphatic heterocycles. The zero-order valence-electron chi connectivity index (χ0n) is 12.4. The molecule has 0 amide bonds. The molecule has 0 aromatic carbocycles. The zero-order valence-corrected chi connectivity index (χ0v) is 14.4. The molecule has 0 aromatic heterocycles. The van der Waals surface area contributed by atoms with Gasteiger partial charge in [-0.1, -0.05) is 31.8 Å². The van der Waals surface area contributed by atoms with Crippen LogP contribution in [0.3, 0.4) is 0 Å². The minimum absolute atomic E-state index is 0.523. The smallest absolute Gasteiger partial charge is 0.189 e. The number of allylic oxidation sites excluding steroid dienone is 1. The summed E-state index contributed by atoms with van der Waals surface area (Å²) in [5.74, 6) is -0.523. The van der Waals surface area contributed by atoms with Crippen LogP contribution in [0.15, 0.2) is 12.7 Å². The lowest BCUT2D eigenvalue weighted by molar-refractivity contribution is -0.226. The van der Waals surface area contributed by atoms with Gasteiger partial charge in [0.25, 0.3) is 0 Å². The summed E-state index contributed by atoms with van der Waals surface area (Å²) < 4.78 is 16.2. The van der Waals surface area contributed by atoms with Gasteiger partial charge in [-0.15, -0.1) is 6.58 Å². The van der Waals surface area contributed by atoms with E-state index in [9.17, 15) is 0 Å². The van der Waals surface area contributed by atoms with Crippen LogP contribution in [0.2, 0.25) is 0 Å². The van der Waals surface area contributed by atoms with Crippen molar-refractivity contribution in [2.75, 3.05) is 20.8 Å². The highest BCUT2D eigenvalue weighted by molar-refractivity contribution is 5.97. The molecule has 0 aliphatic carbocycles. The first-order valence-electron chi connectivity index (χ1n) is 6.95. The topological polar surface area (TPSA) is 27.7 Å². The third-order valence-electron chi connectivity index (χ3n) is 3.32. The van der Waals surface area contributed by atoms with E-state index in [1.807, 2.05) is 6.08 Å². The van der Waals surface area contributed by atoms with Crippen LogP contribution in [0, 0.1) is 0 Å². The summed E-state index contributed by atoms with van der Waals surface area (Å²) in [5, 5.41) is 0. The van der Waals surface area contributed by atoms with Gasteiger partial charge in [0.15, 0.2) is 5.79 Å². The molecule has 0 aliphatic rings. The number of rotatable bonds is 13. The van der Waals surface area contributed by atoms with Crippen molar-refractivity contribution in [3.63, 3.8) is 0 Å². The van der Waals surface area contributed by atoms with Gasteiger partial charge in [-0.2, -0.15) is 0 Å². The number of hydrogen-bond donors (Lipinski definition) is 0. The van der Waals surface area contributed by atoms with Crippen LogP contribution in [0.1, 0.15) is 51.4 Å². The quantitative estimate of drug-likeness (QED) is 0.224. The predicted octanol–water partition coefficient (Wildman–Crippen LogP) is 2.58. The number of ether oxygens (including phenoxy) is 2. The average Bonchev–Trinajstić information content (AvgIpc) is 2.40. The van der Waals surface area contributed by atoms with Crippen LogP contribution in [0.25, 0.3) is 0 Å². The second kappa shape index (κ2) is 11.9. The molecule has 0 bridgehead atoms. The molecule has 0 rings (SSSR count). The second-order valence-corrected chi connectivity index (χ2v) is 5.28. The van der Waals surface area contributed by atoms with Crippen molar-refractivity contribution < 1.29 is 13.9 Å². The molecule has 0 radical (unpaired) electrons. The Bertz CT molecular complexity index is 193. The van der Waals surface area contributed by atoms with Crippen molar-refractivity contribution in [2.24, 2.45) is 0 Å². The second-order valence-electron chi connectivity index (χ2n) is 4.70. The maximum Gasteiger partial charge on any atom is 0.189 e. The van der Waals surface area contributed by atoms with Crippen molar-refractivity contribution in [1.29, 1.82) is 0 Å². The van der Waals surface area contributed by atoms with E-state index in [0.29, 0.717) is 6.61 Å². The van der Waals surface area contributed by atoms with Crippen LogP contribution in [0.5, 0.6) is 0 Å². The fraction of sp³-hybridized carbons (Fsp3) is 0.857. The SMILES string of the molecule is C=CCCCCCCCCC(CO[SiH3])(OC)OC. The third-order valence-corrected chi connectivity index (χ3v) is 3.61. The third kappa shape index (κ3) is 8.03. The summed E-state index contributed by atoms with van der Waals surface area (Å²) >= 11 is 0. The Morgan fingerprint density at radius 1 is 1.00 bits per heavy atom. The molecule has 0 saturated carbocycles. The van der Waals surface area contributed by atoms with Gasteiger partial charge in [-0.05, 0) is 19.3 Å². The molecule has 0 spiro atoms. The predicted molar refractivity (Wildman–Crippen MR) is 79.8 cm³/mol. The summed E-state index contributed by atoms with van der Waals surface area (Å²) in [6.45, 7) is 4.28. The van der Waals surface area contributed by atoms with E-state index in [1.54, 1.807) is 14.2 Å². The van der Waals surface area contributed by atoms with Gasteiger partial charge in [-0.3, -0.25) is 0 Å². The zero-order chi connectivity index (χ0) is 13.7. The van der Waals surface area contributed by atoms with E-state index in [2.05, 4.69) is 6.58 Å². The highest BCUT2D eigenvalue weighted by Gasteiger charge is 2.28. The van der Waals surface area contributed by atoms with Crippen LogP contribution in [0.4, 0.5) is 0 Å². The summed E-state index contributed by atoms with van der Waals surface area (Å²) in [7, 11) is 4.11. The minimum Gasteiger partial charge on any atom is -0.422 e. The lowest BCUT2D eigenvalue weighted by Crippen LogP contribution is -2.38. The van der Waals surface area contributed by atoms with E-state index in [-0.39, 0.29) is 0 Å². The largest absolute Gasteiger partial charge is 0.422 e. The van der Waals surface area contributed by atoms with Gasteiger partial charge in [-0.25, -0.2) is 0 Å². The summed E-state index contributed by atoms with van der Waals surface area (Å²) in [4.78, 5) is 0. The van der Waals surface area contributed by atoms with Crippen molar-refractivity contribution >= 4 is 10.5 Å². The molecule has 0 N–H and O–H groups in total. The Morgan fingerprint density at radius 3 is 2.06 bits per heavy atom. The van der Waals surface area contributed by atoms with Crippen LogP contribution >= 0.6 is 0 Å².